The molecule has 1 aromatic rings. The molecule has 3 atom stereocenters. The van der Waals surface area contributed by atoms with Crippen molar-refractivity contribution < 1.29 is 22.3 Å². The van der Waals surface area contributed by atoms with Crippen molar-refractivity contribution in [1.29, 1.82) is 0 Å². The van der Waals surface area contributed by atoms with Gasteiger partial charge in [-0.15, -0.1) is 0 Å². The van der Waals surface area contributed by atoms with Crippen LogP contribution < -0.4 is 4.72 Å². The zero-order chi connectivity index (χ0) is 18.1. The number of nitrogens with one attached hydrogen (secondary N) is 1. The molecule has 1 aliphatic rings. The lowest BCUT2D eigenvalue weighted by Gasteiger charge is -2.28. The van der Waals surface area contributed by atoms with Crippen molar-refractivity contribution in [1.82, 2.24) is 9.62 Å². The minimum absolute atomic E-state index is 0.156. The maximum atomic E-state index is 13.8. The minimum atomic E-state index is -4.25. The molecule has 0 radical (unpaired) electrons. The smallest absolute Gasteiger partial charge is 0.243 e. The van der Waals surface area contributed by atoms with E-state index >= 15 is 0 Å². The molecule has 2 N–H and O–H groups in total. The molecule has 0 spiro atoms. The van der Waals surface area contributed by atoms with Crippen LogP contribution in [0.15, 0.2) is 21.5 Å². The third-order valence-corrected chi connectivity index (χ3v) is 6.38. The Hall–Kier alpha value is -0.610. The molecule has 24 heavy (non-hydrogen) atoms. The summed E-state index contributed by atoms with van der Waals surface area (Å²) in [5, 5.41) is 10.1. The molecule has 9 heteroatoms. The van der Waals surface area contributed by atoms with Crippen LogP contribution >= 0.6 is 15.9 Å². The van der Waals surface area contributed by atoms with Crippen LogP contribution in [0.3, 0.4) is 0 Å². The van der Waals surface area contributed by atoms with Crippen molar-refractivity contribution in [3.8, 4) is 0 Å². The molecule has 1 aliphatic heterocycles. The van der Waals surface area contributed by atoms with Gasteiger partial charge in [-0.05, 0) is 54.8 Å². The van der Waals surface area contributed by atoms with Gasteiger partial charge in [0, 0.05) is 25.2 Å². The van der Waals surface area contributed by atoms with Crippen molar-refractivity contribution in [3.05, 3.63) is 28.2 Å². The lowest BCUT2D eigenvalue weighted by atomic mass is 10.2. The van der Waals surface area contributed by atoms with E-state index in [1.807, 2.05) is 0 Å². The van der Waals surface area contributed by atoms with Gasteiger partial charge in [0.15, 0.2) is 0 Å². The van der Waals surface area contributed by atoms with Gasteiger partial charge in [-0.3, -0.25) is 4.90 Å². The Bertz CT molecular complexity index is 692. The van der Waals surface area contributed by atoms with Crippen LogP contribution in [-0.4, -0.2) is 49.7 Å². The SMILES string of the molecule is CC1CCC(C)N1C[C@@H](O)CNS(=O)(=O)c1cc(F)c(Br)cc1F. The monoisotopic (exact) mass is 426 g/mol. The van der Waals surface area contributed by atoms with Crippen LogP contribution in [-0.2, 0) is 10.0 Å². The molecule has 1 saturated heterocycles. The summed E-state index contributed by atoms with van der Waals surface area (Å²) in [6.45, 7) is 4.16. The summed E-state index contributed by atoms with van der Waals surface area (Å²) in [6, 6.07) is 2.01. The summed E-state index contributed by atoms with van der Waals surface area (Å²) in [5.74, 6) is -1.94. The number of nitrogens with zero attached hydrogens (tertiary/aromatic N) is 1. The standard InChI is InChI=1S/C15H21BrF2N2O3S/c1-9-3-4-10(2)20(9)8-11(21)7-19-24(22,23)15-6-13(17)12(16)5-14(15)18/h5-6,9-11,19,21H,3-4,7-8H2,1-2H3/t9?,10?,11-/m0/s1. The summed E-state index contributed by atoms with van der Waals surface area (Å²) in [7, 11) is -4.25. The fourth-order valence-electron chi connectivity index (χ4n) is 2.91. The number of hydrogen-bond acceptors (Lipinski definition) is 4. The lowest BCUT2D eigenvalue weighted by molar-refractivity contribution is 0.0940. The molecule has 1 heterocycles. The van der Waals surface area contributed by atoms with Gasteiger partial charge >= 0.3 is 0 Å². The zero-order valence-electron chi connectivity index (χ0n) is 13.5. The van der Waals surface area contributed by atoms with Crippen LogP contribution in [0.2, 0.25) is 0 Å². The van der Waals surface area contributed by atoms with E-state index in [0.717, 1.165) is 18.9 Å². The maximum Gasteiger partial charge on any atom is 0.243 e. The van der Waals surface area contributed by atoms with Gasteiger partial charge in [-0.25, -0.2) is 21.9 Å². The van der Waals surface area contributed by atoms with Crippen molar-refractivity contribution in [2.45, 2.75) is 49.8 Å². The predicted octanol–water partition coefficient (Wildman–Crippen LogP) is 2.24. The molecular weight excluding hydrogens is 406 g/mol. The number of sulfonamides is 1. The molecule has 136 valence electrons. The second-order valence-electron chi connectivity index (χ2n) is 6.17. The summed E-state index contributed by atoms with van der Waals surface area (Å²) >= 11 is 2.79. The Balaban J connectivity index is 2.01. The van der Waals surface area contributed by atoms with E-state index < -0.39 is 32.7 Å². The molecule has 5 nitrogen and oxygen atoms in total. The van der Waals surface area contributed by atoms with Gasteiger partial charge < -0.3 is 5.11 Å². The first kappa shape index (κ1) is 19.7. The average molecular weight is 427 g/mol. The van der Waals surface area contributed by atoms with Crippen LogP contribution in [0.1, 0.15) is 26.7 Å². The topological polar surface area (TPSA) is 69.6 Å². The lowest BCUT2D eigenvalue weighted by Crippen LogP contribution is -2.43. The molecule has 0 bridgehead atoms. The number of likely N-dealkylation sites (tertiary alicyclic amines) is 1. The average Bonchev–Trinajstić information content (AvgIpc) is 2.81. The number of benzene rings is 1. The molecule has 0 aromatic heterocycles. The van der Waals surface area contributed by atoms with Gasteiger partial charge in [-0.2, -0.15) is 0 Å². The molecule has 2 unspecified atom stereocenters. The first-order valence-corrected chi connectivity index (χ1v) is 9.97. The Morgan fingerprint density at radius 3 is 2.46 bits per heavy atom. The predicted molar refractivity (Wildman–Crippen MR) is 90.1 cm³/mol. The van der Waals surface area contributed by atoms with Crippen molar-refractivity contribution in [2.75, 3.05) is 13.1 Å². The van der Waals surface area contributed by atoms with E-state index in [2.05, 4.69) is 39.4 Å². The number of β-amino-alcohol motifs (C(OH)–C–C–N with tert-alkyl or cyclic N) is 1. The molecule has 1 aromatic carbocycles. The van der Waals surface area contributed by atoms with Gasteiger partial charge in [0.25, 0.3) is 0 Å². The molecule has 2 rings (SSSR count). The molecular formula is C15H21BrF2N2O3S. The van der Waals surface area contributed by atoms with Crippen molar-refractivity contribution in [2.24, 2.45) is 0 Å². The Kier molecular flexibility index (Phi) is 6.35. The Morgan fingerprint density at radius 1 is 1.29 bits per heavy atom. The number of halogens is 3. The van der Waals surface area contributed by atoms with E-state index in [0.29, 0.717) is 24.7 Å². The highest BCUT2D eigenvalue weighted by molar-refractivity contribution is 9.10. The zero-order valence-corrected chi connectivity index (χ0v) is 15.9. The number of aliphatic hydroxyl groups excluding tert-OH is 1. The highest BCUT2D eigenvalue weighted by Gasteiger charge is 2.29. The highest BCUT2D eigenvalue weighted by atomic mass is 79.9. The molecule has 0 amide bonds. The first-order chi connectivity index (χ1) is 11.1. The van der Waals surface area contributed by atoms with Crippen molar-refractivity contribution in [3.63, 3.8) is 0 Å². The third kappa shape index (κ3) is 4.51. The fourth-order valence-corrected chi connectivity index (χ4v) is 4.37. The van der Waals surface area contributed by atoms with E-state index in [1.165, 1.54) is 0 Å². The van der Waals surface area contributed by atoms with Crippen LogP contribution in [0.5, 0.6) is 0 Å². The third-order valence-electron chi connectivity index (χ3n) is 4.33. The number of hydrogen-bond donors (Lipinski definition) is 2. The van der Waals surface area contributed by atoms with Crippen molar-refractivity contribution >= 4 is 26.0 Å². The summed E-state index contributed by atoms with van der Waals surface area (Å²) in [4.78, 5) is 1.33. The fraction of sp³-hybridized carbons (Fsp3) is 0.600. The van der Waals surface area contributed by atoms with Crippen LogP contribution in [0, 0.1) is 11.6 Å². The molecule has 0 aliphatic carbocycles. The van der Waals surface area contributed by atoms with Crippen LogP contribution in [0.25, 0.3) is 0 Å². The van der Waals surface area contributed by atoms with E-state index in [9.17, 15) is 22.3 Å². The van der Waals surface area contributed by atoms with Gasteiger partial charge in [-0.1, -0.05) is 0 Å². The second kappa shape index (κ2) is 7.74. The number of aliphatic hydroxyl groups is 1. The Labute approximate surface area is 149 Å². The number of rotatable bonds is 6. The quantitative estimate of drug-likeness (QED) is 0.684. The van der Waals surface area contributed by atoms with Gasteiger partial charge in [0.05, 0.1) is 10.6 Å². The van der Waals surface area contributed by atoms with Crippen LogP contribution in [0.4, 0.5) is 8.78 Å². The highest BCUT2D eigenvalue weighted by Crippen LogP contribution is 2.24. The van der Waals surface area contributed by atoms with Gasteiger partial charge in [0.2, 0.25) is 10.0 Å². The Morgan fingerprint density at radius 2 is 1.88 bits per heavy atom. The molecule has 1 fully saturated rings. The van der Waals surface area contributed by atoms with Gasteiger partial charge in [0.1, 0.15) is 16.5 Å². The van der Waals surface area contributed by atoms with E-state index in [1.54, 1.807) is 0 Å². The summed E-state index contributed by atoms with van der Waals surface area (Å²) in [5.41, 5.74) is 0. The normalized spacial score (nSPS) is 23.6. The second-order valence-corrected chi connectivity index (χ2v) is 8.76. The van der Waals surface area contributed by atoms with E-state index in [-0.39, 0.29) is 11.0 Å². The summed E-state index contributed by atoms with van der Waals surface area (Å²) < 4.78 is 53.5. The first-order valence-electron chi connectivity index (χ1n) is 7.70. The summed E-state index contributed by atoms with van der Waals surface area (Å²) in [6.07, 6.45) is 1.12. The van der Waals surface area contributed by atoms with E-state index in [4.69, 9.17) is 0 Å². The maximum absolute atomic E-state index is 13.8. The largest absolute Gasteiger partial charge is 0.390 e. The molecule has 0 saturated carbocycles. The minimum Gasteiger partial charge on any atom is -0.390 e.